The van der Waals surface area contributed by atoms with E-state index >= 15 is 0 Å². The number of carbonyl (C=O) groups is 1. The fourth-order valence-electron chi connectivity index (χ4n) is 3.66. The van der Waals surface area contributed by atoms with E-state index in [4.69, 9.17) is 21.3 Å². The van der Waals surface area contributed by atoms with Crippen molar-refractivity contribution >= 4 is 34.7 Å². The maximum Gasteiger partial charge on any atom is 0.410 e. The number of likely N-dealkylation sites (tertiary alicyclic amines) is 1. The van der Waals surface area contributed by atoms with Gasteiger partial charge in [0.05, 0.1) is 5.02 Å². The minimum absolute atomic E-state index is 0.0497. The third kappa shape index (κ3) is 4.56. The Balaban J connectivity index is 1.59. The van der Waals surface area contributed by atoms with Crippen molar-refractivity contribution in [2.45, 2.75) is 52.3 Å². The first-order chi connectivity index (χ1) is 14.7. The zero-order valence-corrected chi connectivity index (χ0v) is 18.8. The lowest BCUT2D eigenvalue weighted by molar-refractivity contribution is 0.0293. The molecular formula is C21H26ClN7O2. The number of hydrogen-bond acceptors (Lipinski definition) is 7. The molecule has 1 unspecified atom stereocenters. The number of rotatable bonds is 4. The molecule has 1 atom stereocenters. The standard InChI is InChI=1S/C21H26ClN7O2/c1-5-29-18(13-8-14(22)10-23-9-13)27-16-17(24-12-25-19(16)29)26-15-6-7-28(11-15)20(30)31-21(2,3)4/h8-10,12,15H,5-7,11H2,1-4H3,(H,24,25,26). The molecule has 0 saturated carbocycles. The number of anilines is 1. The summed E-state index contributed by atoms with van der Waals surface area (Å²) in [6.45, 7) is 9.49. The number of ether oxygens (including phenoxy) is 1. The molecule has 4 heterocycles. The van der Waals surface area contributed by atoms with Gasteiger partial charge >= 0.3 is 6.09 Å². The van der Waals surface area contributed by atoms with Gasteiger partial charge in [0.25, 0.3) is 0 Å². The van der Waals surface area contributed by atoms with Gasteiger partial charge in [-0.3, -0.25) is 4.98 Å². The number of carbonyl (C=O) groups excluding carboxylic acids is 1. The van der Waals surface area contributed by atoms with Gasteiger partial charge < -0.3 is 19.5 Å². The van der Waals surface area contributed by atoms with E-state index in [9.17, 15) is 4.79 Å². The lowest BCUT2D eigenvalue weighted by atomic mass is 10.2. The molecule has 1 aliphatic heterocycles. The Labute approximate surface area is 185 Å². The highest BCUT2D eigenvalue weighted by Crippen LogP contribution is 2.28. The molecule has 4 rings (SSSR count). The lowest BCUT2D eigenvalue weighted by Gasteiger charge is -2.24. The molecule has 1 saturated heterocycles. The van der Waals surface area contributed by atoms with Crippen LogP contribution in [0.1, 0.15) is 34.1 Å². The van der Waals surface area contributed by atoms with E-state index < -0.39 is 5.60 Å². The number of imidazole rings is 1. The summed E-state index contributed by atoms with van der Waals surface area (Å²) in [5, 5.41) is 3.99. The number of hydrogen-bond donors (Lipinski definition) is 1. The molecule has 0 spiro atoms. The van der Waals surface area contributed by atoms with Crippen molar-refractivity contribution in [3.63, 3.8) is 0 Å². The summed E-state index contributed by atoms with van der Waals surface area (Å²) in [7, 11) is 0. The Morgan fingerprint density at radius 1 is 1.32 bits per heavy atom. The highest BCUT2D eigenvalue weighted by Gasteiger charge is 2.30. The van der Waals surface area contributed by atoms with Crippen LogP contribution in [-0.2, 0) is 11.3 Å². The predicted molar refractivity (Wildman–Crippen MR) is 119 cm³/mol. The summed E-state index contributed by atoms with van der Waals surface area (Å²) in [6, 6.07) is 1.88. The predicted octanol–water partition coefficient (Wildman–Crippen LogP) is 3.98. The third-order valence-electron chi connectivity index (χ3n) is 4.99. The summed E-state index contributed by atoms with van der Waals surface area (Å²) in [4.78, 5) is 31.9. The van der Waals surface area contributed by atoms with Crippen LogP contribution in [-0.4, -0.2) is 60.2 Å². The summed E-state index contributed by atoms with van der Waals surface area (Å²) in [5.74, 6) is 1.38. The first-order valence-electron chi connectivity index (χ1n) is 10.3. The van der Waals surface area contributed by atoms with Crippen LogP contribution in [0.15, 0.2) is 24.8 Å². The van der Waals surface area contributed by atoms with Crippen molar-refractivity contribution in [3.05, 3.63) is 29.8 Å². The Morgan fingerprint density at radius 2 is 2.13 bits per heavy atom. The molecule has 0 aliphatic carbocycles. The second kappa shape index (κ2) is 8.30. The van der Waals surface area contributed by atoms with Gasteiger partial charge in [-0.1, -0.05) is 11.6 Å². The zero-order valence-electron chi connectivity index (χ0n) is 18.1. The fraction of sp³-hybridized carbons (Fsp3) is 0.476. The minimum atomic E-state index is -0.514. The van der Waals surface area contributed by atoms with Crippen molar-refractivity contribution in [1.29, 1.82) is 0 Å². The van der Waals surface area contributed by atoms with Crippen LogP contribution in [0.2, 0.25) is 5.02 Å². The van der Waals surface area contributed by atoms with Crippen molar-refractivity contribution in [1.82, 2.24) is 29.4 Å². The second-order valence-corrected chi connectivity index (χ2v) is 8.96. The Kier molecular flexibility index (Phi) is 5.70. The number of aromatic nitrogens is 5. The van der Waals surface area contributed by atoms with Crippen molar-refractivity contribution in [2.75, 3.05) is 18.4 Å². The second-order valence-electron chi connectivity index (χ2n) is 8.52. The number of nitrogens with one attached hydrogen (secondary N) is 1. The number of aryl methyl sites for hydroxylation is 1. The molecule has 1 aliphatic rings. The van der Waals surface area contributed by atoms with Crippen LogP contribution in [0, 0.1) is 0 Å². The average Bonchev–Trinajstić information content (AvgIpc) is 3.31. The molecule has 1 amide bonds. The Morgan fingerprint density at radius 3 is 2.84 bits per heavy atom. The van der Waals surface area contributed by atoms with E-state index in [0.29, 0.717) is 36.0 Å². The van der Waals surface area contributed by atoms with Gasteiger partial charge in [-0.15, -0.1) is 0 Å². The van der Waals surface area contributed by atoms with Gasteiger partial charge in [0, 0.05) is 43.6 Å². The Hall–Kier alpha value is -2.94. The van der Waals surface area contributed by atoms with E-state index in [-0.39, 0.29) is 12.1 Å². The van der Waals surface area contributed by atoms with Gasteiger partial charge in [0.1, 0.15) is 17.8 Å². The largest absolute Gasteiger partial charge is 0.444 e. The van der Waals surface area contributed by atoms with Crippen LogP contribution in [0.25, 0.3) is 22.6 Å². The smallest absolute Gasteiger partial charge is 0.410 e. The molecular weight excluding hydrogens is 418 g/mol. The molecule has 164 valence electrons. The normalized spacial score (nSPS) is 16.7. The number of halogens is 1. The molecule has 31 heavy (non-hydrogen) atoms. The summed E-state index contributed by atoms with van der Waals surface area (Å²) in [5.41, 5.74) is 1.71. The summed E-state index contributed by atoms with van der Waals surface area (Å²) in [6.07, 6.45) is 5.35. The van der Waals surface area contributed by atoms with E-state index in [2.05, 4.69) is 20.3 Å². The minimum Gasteiger partial charge on any atom is -0.444 e. The van der Waals surface area contributed by atoms with Crippen LogP contribution in [0.4, 0.5) is 10.6 Å². The van der Waals surface area contributed by atoms with Gasteiger partial charge in [0.2, 0.25) is 0 Å². The molecule has 10 heteroatoms. The molecule has 0 bridgehead atoms. The van der Waals surface area contributed by atoms with Crippen LogP contribution in [0.3, 0.4) is 0 Å². The third-order valence-corrected chi connectivity index (χ3v) is 5.20. The summed E-state index contributed by atoms with van der Waals surface area (Å²) >= 11 is 6.13. The quantitative estimate of drug-likeness (QED) is 0.651. The van der Waals surface area contributed by atoms with Gasteiger partial charge in [-0.05, 0) is 40.2 Å². The van der Waals surface area contributed by atoms with Crippen molar-refractivity contribution in [2.24, 2.45) is 0 Å². The highest BCUT2D eigenvalue weighted by atomic mass is 35.5. The average molecular weight is 444 g/mol. The molecule has 3 aromatic heterocycles. The molecule has 9 nitrogen and oxygen atoms in total. The molecule has 0 aromatic carbocycles. The Bertz CT molecular complexity index is 1110. The number of pyridine rings is 1. The number of nitrogens with zero attached hydrogens (tertiary/aromatic N) is 6. The number of fused-ring (bicyclic) bond motifs is 1. The monoisotopic (exact) mass is 443 g/mol. The van der Waals surface area contributed by atoms with Crippen LogP contribution >= 0.6 is 11.6 Å². The first-order valence-corrected chi connectivity index (χ1v) is 10.7. The zero-order chi connectivity index (χ0) is 22.2. The van der Waals surface area contributed by atoms with Crippen LogP contribution < -0.4 is 5.32 Å². The summed E-state index contributed by atoms with van der Waals surface area (Å²) < 4.78 is 7.49. The molecule has 3 aromatic rings. The fourth-order valence-corrected chi connectivity index (χ4v) is 3.83. The van der Waals surface area contributed by atoms with Crippen molar-refractivity contribution < 1.29 is 9.53 Å². The SMILES string of the molecule is CCn1c(-c2cncc(Cl)c2)nc2c(NC3CCN(C(=O)OC(C)(C)C)C3)ncnc21. The first kappa shape index (κ1) is 21.3. The van der Waals surface area contributed by atoms with E-state index in [0.717, 1.165) is 23.5 Å². The van der Waals surface area contributed by atoms with Crippen molar-refractivity contribution in [3.8, 4) is 11.4 Å². The maximum absolute atomic E-state index is 12.4. The highest BCUT2D eigenvalue weighted by molar-refractivity contribution is 6.30. The van der Waals surface area contributed by atoms with Crippen LogP contribution in [0.5, 0.6) is 0 Å². The topological polar surface area (TPSA) is 98.1 Å². The lowest BCUT2D eigenvalue weighted by Crippen LogP contribution is -2.36. The van der Waals surface area contributed by atoms with E-state index in [1.807, 2.05) is 38.3 Å². The number of amides is 1. The van der Waals surface area contributed by atoms with E-state index in [1.54, 1.807) is 17.3 Å². The molecule has 0 radical (unpaired) electrons. The van der Waals surface area contributed by atoms with E-state index in [1.165, 1.54) is 6.33 Å². The van der Waals surface area contributed by atoms with Gasteiger partial charge in [0.15, 0.2) is 17.0 Å². The maximum atomic E-state index is 12.4. The molecule has 1 fully saturated rings. The van der Waals surface area contributed by atoms with Gasteiger partial charge in [-0.25, -0.2) is 19.7 Å². The van der Waals surface area contributed by atoms with Gasteiger partial charge in [-0.2, -0.15) is 0 Å². The molecule has 1 N–H and O–H groups in total.